The number of nitrogens with zero attached hydrogens (tertiary/aromatic N) is 4. The predicted octanol–water partition coefficient (Wildman–Crippen LogP) is 7.56. The normalized spacial score (nSPS) is 27.1. The second-order valence-electron chi connectivity index (χ2n) is 16.2. The lowest BCUT2D eigenvalue weighted by molar-refractivity contribution is -0.125. The molecule has 0 unspecified atom stereocenters. The first-order valence-electron chi connectivity index (χ1n) is 18.4. The highest BCUT2D eigenvalue weighted by Crippen LogP contribution is 2.58. The van der Waals surface area contributed by atoms with Gasteiger partial charge in [-0.1, -0.05) is 26.0 Å². The Bertz CT molecular complexity index is 1690. The van der Waals surface area contributed by atoms with Crippen LogP contribution >= 0.6 is 0 Å². The number of hydrogen-bond acceptors (Lipinski definition) is 8. The van der Waals surface area contributed by atoms with Crippen LogP contribution < -0.4 is 9.64 Å². The van der Waals surface area contributed by atoms with E-state index in [4.69, 9.17) is 23.9 Å². The van der Waals surface area contributed by atoms with Gasteiger partial charge < -0.3 is 23.9 Å². The molecule has 0 spiro atoms. The molecule has 3 aromatic rings. The van der Waals surface area contributed by atoms with Gasteiger partial charge in [0, 0.05) is 30.1 Å². The number of anilines is 1. The summed E-state index contributed by atoms with van der Waals surface area (Å²) in [6.45, 7) is 9.16. The molecule has 2 amide bonds. The lowest BCUT2D eigenvalue weighted by Gasteiger charge is -2.55. The molecule has 1 aromatic carbocycles. The van der Waals surface area contributed by atoms with E-state index in [1.54, 1.807) is 26.5 Å². The Hall–Kier alpha value is -3.92. The molecule has 0 atom stereocenters. The highest BCUT2D eigenvalue weighted by Gasteiger charge is 2.51. The van der Waals surface area contributed by atoms with Crippen LogP contribution in [-0.2, 0) is 14.9 Å². The van der Waals surface area contributed by atoms with Crippen LogP contribution in [0.25, 0.3) is 11.3 Å². The third kappa shape index (κ3) is 6.75. The van der Waals surface area contributed by atoms with E-state index >= 15 is 0 Å². The Morgan fingerprint density at radius 3 is 2.34 bits per heavy atom. The number of rotatable bonds is 9. The van der Waals surface area contributed by atoms with Crippen LogP contribution in [0, 0.1) is 18.3 Å². The molecule has 1 aliphatic heterocycles. The summed E-state index contributed by atoms with van der Waals surface area (Å²) in [5, 5.41) is 10.0. The molecule has 268 valence electrons. The number of benzene rings is 1. The minimum Gasteiger partial charge on any atom is -0.496 e. The minimum absolute atomic E-state index is 0.0282. The Labute approximate surface area is 295 Å². The van der Waals surface area contributed by atoms with Crippen LogP contribution in [0.5, 0.6) is 5.75 Å². The highest BCUT2D eigenvalue weighted by atomic mass is 16.6. The maximum absolute atomic E-state index is 14.6. The molecule has 2 aromatic heterocycles. The zero-order chi connectivity index (χ0) is 35.3. The molecule has 0 radical (unpaired) electrons. The number of hydrogen-bond donors (Lipinski definition) is 1. The largest absolute Gasteiger partial charge is 0.496 e. The first-order valence-corrected chi connectivity index (χ1v) is 18.4. The summed E-state index contributed by atoms with van der Waals surface area (Å²) in [6.07, 6.45) is 11.9. The van der Waals surface area contributed by atoms with Crippen molar-refractivity contribution in [3.8, 4) is 17.0 Å². The summed E-state index contributed by atoms with van der Waals surface area (Å²) in [7, 11) is 1.73. The zero-order valence-corrected chi connectivity index (χ0v) is 30.2. The molecule has 4 saturated carbocycles. The summed E-state index contributed by atoms with van der Waals surface area (Å²) in [5.74, 6) is 2.36. The fourth-order valence-electron chi connectivity index (χ4n) is 8.93. The summed E-state index contributed by atoms with van der Waals surface area (Å²) in [4.78, 5) is 40.3. The van der Waals surface area contributed by atoms with Crippen molar-refractivity contribution < 1.29 is 28.6 Å². The molecule has 2 bridgehead atoms. The van der Waals surface area contributed by atoms with Crippen molar-refractivity contribution in [1.82, 2.24) is 14.9 Å². The number of likely N-dealkylation sites (tertiary alicyclic amines) is 1. The maximum atomic E-state index is 14.6. The monoisotopic (exact) mass is 684 g/mol. The molecular weight excluding hydrogens is 632 g/mol. The smallest absolute Gasteiger partial charge is 0.410 e. The number of carbonyl (C=O) groups is 2. The van der Waals surface area contributed by atoms with E-state index in [9.17, 15) is 14.7 Å². The molecule has 1 N–H and O–H groups in total. The Balaban J connectivity index is 1.09. The molecule has 1 saturated heterocycles. The van der Waals surface area contributed by atoms with Crippen LogP contribution in [0.4, 0.5) is 10.6 Å². The molecule has 50 heavy (non-hydrogen) atoms. The number of oxazole rings is 1. The average Bonchev–Trinajstić information content (AvgIpc) is 3.62. The summed E-state index contributed by atoms with van der Waals surface area (Å²) in [5.41, 5.74) is 3.57. The summed E-state index contributed by atoms with van der Waals surface area (Å²) < 4.78 is 17.1. The number of aryl methyl sites for hydroxylation is 1. The fraction of sp³-hybridized carbons (Fsp3) is 0.600. The van der Waals surface area contributed by atoms with Crippen molar-refractivity contribution in [2.24, 2.45) is 11.3 Å². The van der Waals surface area contributed by atoms with Gasteiger partial charge in [0.1, 0.15) is 29.6 Å². The van der Waals surface area contributed by atoms with E-state index < -0.39 is 5.60 Å². The Kier molecular flexibility index (Phi) is 9.20. The van der Waals surface area contributed by atoms with Crippen molar-refractivity contribution in [1.29, 1.82) is 0 Å². The number of β-amino-alcohol motifs (C(OH)–C–C–N with tert-alkyl or cyclic N) is 1. The second-order valence-corrected chi connectivity index (χ2v) is 16.2. The van der Waals surface area contributed by atoms with Gasteiger partial charge in [-0.05, 0) is 118 Å². The first-order chi connectivity index (χ1) is 23.9. The van der Waals surface area contributed by atoms with Gasteiger partial charge in [0.25, 0.3) is 0 Å². The molecule has 10 heteroatoms. The van der Waals surface area contributed by atoms with E-state index in [2.05, 4.69) is 39.0 Å². The summed E-state index contributed by atoms with van der Waals surface area (Å²) >= 11 is 0. The average molecular weight is 685 g/mol. The van der Waals surface area contributed by atoms with Crippen LogP contribution in [0.1, 0.15) is 108 Å². The number of pyridine rings is 1. The molecule has 8 rings (SSSR count). The third-order valence-corrected chi connectivity index (χ3v) is 12.1. The summed E-state index contributed by atoms with van der Waals surface area (Å²) in [6, 6.07) is 10.6. The Morgan fingerprint density at radius 2 is 1.74 bits per heavy atom. The van der Waals surface area contributed by atoms with Crippen molar-refractivity contribution in [2.75, 3.05) is 31.6 Å². The van der Waals surface area contributed by atoms with Crippen LogP contribution in [0.3, 0.4) is 0 Å². The van der Waals surface area contributed by atoms with Gasteiger partial charge in [-0.3, -0.25) is 9.69 Å². The molecule has 5 fully saturated rings. The molecule has 5 aliphatic rings. The highest BCUT2D eigenvalue weighted by molar-refractivity contribution is 5.95. The maximum Gasteiger partial charge on any atom is 0.410 e. The van der Waals surface area contributed by atoms with Crippen molar-refractivity contribution >= 4 is 17.8 Å². The van der Waals surface area contributed by atoms with Gasteiger partial charge >= 0.3 is 6.09 Å². The van der Waals surface area contributed by atoms with E-state index in [1.807, 2.05) is 17.0 Å². The lowest BCUT2D eigenvalue weighted by atomic mass is 9.51. The van der Waals surface area contributed by atoms with E-state index in [-0.39, 0.29) is 53.9 Å². The molecular formula is C40H52N4O6. The third-order valence-electron chi connectivity index (χ3n) is 12.1. The van der Waals surface area contributed by atoms with Gasteiger partial charge in [0.05, 0.1) is 25.8 Å². The number of aromatic nitrogens is 2. The number of carbonyl (C=O) groups excluding carboxylic acids is 2. The minimum atomic E-state index is -0.839. The van der Waals surface area contributed by atoms with E-state index in [0.29, 0.717) is 43.9 Å². The van der Waals surface area contributed by atoms with Crippen molar-refractivity contribution in [2.45, 2.75) is 115 Å². The van der Waals surface area contributed by atoms with Gasteiger partial charge in [0.15, 0.2) is 5.89 Å². The fourth-order valence-corrected chi connectivity index (χ4v) is 8.93. The van der Waals surface area contributed by atoms with Gasteiger partial charge in [-0.25, -0.2) is 14.8 Å². The number of methoxy groups -OCH3 is 1. The standard InChI is InChI=1S/C40H52N4O6/c1-26(2)35-42-32(22-49-35)29-12-19-41-34(21-29)44(36(45)28-6-9-31(10-7-28)50-37(46)43-23-38(4,47)24-43)25-39-13-16-40(17-14-39,18-15-39)30-8-11-33(48-5)27(3)20-30/h8,11-12,19-22,26,28,31,47H,6-7,9-10,13-18,23-25H2,1-5H3. The van der Waals surface area contributed by atoms with Crippen LogP contribution in [0.2, 0.25) is 0 Å². The van der Waals surface area contributed by atoms with Crippen LogP contribution in [-0.4, -0.2) is 70.4 Å². The number of amides is 2. The van der Waals surface area contributed by atoms with Gasteiger partial charge in [-0.2, -0.15) is 0 Å². The van der Waals surface area contributed by atoms with E-state index in [1.165, 1.54) is 16.0 Å². The number of ether oxygens (including phenoxy) is 2. The van der Waals surface area contributed by atoms with Gasteiger partial charge in [0.2, 0.25) is 5.91 Å². The van der Waals surface area contributed by atoms with E-state index in [0.717, 1.165) is 55.5 Å². The molecule has 10 nitrogen and oxygen atoms in total. The first kappa shape index (κ1) is 34.5. The zero-order valence-electron chi connectivity index (χ0n) is 30.2. The number of aliphatic hydroxyl groups is 1. The number of fused-ring (bicyclic) bond motifs is 3. The topological polar surface area (TPSA) is 118 Å². The SMILES string of the molecule is COc1ccc(C23CCC(CN(C(=O)C4CCC(OC(=O)N5CC(C)(O)C5)CC4)c4cc(-c5coc(C(C)C)n5)ccn4)(CC2)CC3)cc1C. The lowest BCUT2D eigenvalue weighted by Crippen LogP contribution is -2.62. The predicted molar refractivity (Wildman–Crippen MR) is 190 cm³/mol. The quantitative estimate of drug-likeness (QED) is 0.245. The molecule has 3 heterocycles. The van der Waals surface area contributed by atoms with Gasteiger partial charge in [-0.15, -0.1) is 0 Å². The Morgan fingerprint density at radius 1 is 1.04 bits per heavy atom. The van der Waals surface area contributed by atoms with Crippen LogP contribution in [0.15, 0.2) is 47.2 Å². The second kappa shape index (κ2) is 13.3. The van der Waals surface area contributed by atoms with Crippen molar-refractivity contribution in [3.05, 3.63) is 59.8 Å². The molecule has 4 aliphatic carbocycles. The van der Waals surface area contributed by atoms with Crippen molar-refractivity contribution in [3.63, 3.8) is 0 Å².